The zero-order valence-electron chi connectivity index (χ0n) is 8.93. The average molecular weight is 186 g/mol. The fourth-order valence-corrected chi connectivity index (χ4v) is 1.08. The van der Waals surface area contributed by atoms with Crippen LogP contribution in [0.5, 0.6) is 0 Å². The predicted molar refractivity (Wildman–Crippen MR) is 57.4 cm³/mol. The average Bonchev–Trinajstić information content (AvgIpc) is 2.11. The predicted octanol–water partition coefficient (Wildman–Crippen LogP) is 0.851. The molecule has 0 radical (unpaired) electrons. The van der Waals surface area contributed by atoms with E-state index in [0.717, 1.165) is 12.5 Å². The lowest BCUT2D eigenvalue weighted by molar-refractivity contribution is 0.534. The van der Waals surface area contributed by atoms with Crippen molar-refractivity contribution in [2.45, 2.75) is 33.1 Å². The van der Waals surface area contributed by atoms with Gasteiger partial charge in [-0.15, -0.1) is 0 Å². The van der Waals surface area contributed by atoms with Crippen LogP contribution in [0.3, 0.4) is 0 Å². The number of guanidine groups is 1. The molecular weight excluding hydrogens is 164 g/mol. The summed E-state index contributed by atoms with van der Waals surface area (Å²) in [7, 11) is 1.70. The zero-order valence-corrected chi connectivity index (χ0v) is 8.93. The SMILES string of the molecule is CN=C(NN)NCCCCC(C)C. The summed E-state index contributed by atoms with van der Waals surface area (Å²) in [5, 5.41) is 3.11. The minimum absolute atomic E-state index is 0.657. The quantitative estimate of drug-likeness (QED) is 0.196. The molecule has 0 aliphatic carbocycles. The molecule has 0 saturated heterocycles. The molecule has 0 spiro atoms. The molecule has 0 aromatic rings. The molecule has 0 aliphatic heterocycles. The number of hydrazine groups is 1. The molecule has 0 atom stereocenters. The summed E-state index contributed by atoms with van der Waals surface area (Å²) in [5.41, 5.74) is 2.49. The Bertz CT molecular complexity index is 143. The van der Waals surface area contributed by atoms with E-state index >= 15 is 0 Å². The van der Waals surface area contributed by atoms with Gasteiger partial charge in [0, 0.05) is 13.6 Å². The zero-order chi connectivity index (χ0) is 10.1. The first-order valence-electron chi connectivity index (χ1n) is 4.88. The van der Waals surface area contributed by atoms with E-state index in [9.17, 15) is 0 Å². The Morgan fingerprint density at radius 1 is 1.38 bits per heavy atom. The lowest BCUT2D eigenvalue weighted by Gasteiger charge is -2.08. The van der Waals surface area contributed by atoms with Gasteiger partial charge in [-0.05, 0) is 12.3 Å². The minimum Gasteiger partial charge on any atom is -0.355 e. The molecule has 0 aromatic carbocycles. The van der Waals surface area contributed by atoms with Gasteiger partial charge in [0.05, 0.1) is 0 Å². The molecule has 0 aliphatic rings. The third-order valence-corrected chi connectivity index (χ3v) is 1.86. The van der Waals surface area contributed by atoms with E-state index in [0.29, 0.717) is 5.96 Å². The molecule has 4 N–H and O–H groups in total. The Kier molecular flexibility index (Phi) is 7.39. The fourth-order valence-electron chi connectivity index (χ4n) is 1.08. The molecule has 0 saturated carbocycles. The van der Waals surface area contributed by atoms with Crippen LogP contribution in [0.25, 0.3) is 0 Å². The molecule has 4 heteroatoms. The highest BCUT2D eigenvalue weighted by atomic mass is 15.3. The minimum atomic E-state index is 0.657. The van der Waals surface area contributed by atoms with Gasteiger partial charge in [-0.3, -0.25) is 10.4 Å². The summed E-state index contributed by atoms with van der Waals surface area (Å²) >= 11 is 0. The number of hydrogen-bond acceptors (Lipinski definition) is 2. The molecule has 0 aromatic heterocycles. The van der Waals surface area contributed by atoms with Gasteiger partial charge >= 0.3 is 0 Å². The third kappa shape index (κ3) is 7.59. The van der Waals surface area contributed by atoms with Crippen LogP contribution in [0.4, 0.5) is 0 Å². The van der Waals surface area contributed by atoms with E-state index in [1.54, 1.807) is 7.05 Å². The highest BCUT2D eigenvalue weighted by Gasteiger charge is 1.95. The van der Waals surface area contributed by atoms with Crippen LogP contribution in [0.15, 0.2) is 4.99 Å². The van der Waals surface area contributed by atoms with Gasteiger partial charge in [0.15, 0.2) is 0 Å². The number of unbranched alkanes of at least 4 members (excludes halogenated alkanes) is 1. The van der Waals surface area contributed by atoms with Gasteiger partial charge in [0.25, 0.3) is 0 Å². The fraction of sp³-hybridized carbons (Fsp3) is 0.889. The second-order valence-electron chi connectivity index (χ2n) is 3.53. The molecular formula is C9H22N4. The van der Waals surface area contributed by atoms with E-state index in [2.05, 4.69) is 29.6 Å². The van der Waals surface area contributed by atoms with Crippen LogP contribution in [-0.2, 0) is 0 Å². The van der Waals surface area contributed by atoms with Gasteiger partial charge in [0.1, 0.15) is 0 Å². The molecule has 13 heavy (non-hydrogen) atoms. The monoisotopic (exact) mass is 186 g/mol. The number of nitrogens with one attached hydrogen (secondary N) is 2. The Balaban J connectivity index is 3.25. The highest BCUT2D eigenvalue weighted by molar-refractivity contribution is 5.78. The maximum atomic E-state index is 5.20. The first kappa shape index (κ1) is 12.2. The summed E-state index contributed by atoms with van der Waals surface area (Å²) < 4.78 is 0. The van der Waals surface area contributed by atoms with Crippen molar-refractivity contribution in [1.82, 2.24) is 10.7 Å². The summed E-state index contributed by atoms with van der Waals surface area (Å²) in [6.45, 7) is 5.42. The third-order valence-electron chi connectivity index (χ3n) is 1.86. The number of nitrogens with two attached hydrogens (primary N) is 1. The van der Waals surface area contributed by atoms with Crippen molar-refractivity contribution >= 4 is 5.96 Å². The van der Waals surface area contributed by atoms with Gasteiger partial charge in [-0.1, -0.05) is 26.7 Å². The van der Waals surface area contributed by atoms with Crippen LogP contribution in [0.2, 0.25) is 0 Å². The summed E-state index contributed by atoms with van der Waals surface area (Å²) in [6.07, 6.45) is 3.71. The second kappa shape index (κ2) is 7.86. The van der Waals surface area contributed by atoms with E-state index in [1.807, 2.05) is 0 Å². The van der Waals surface area contributed by atoms with Crippen LogP contribution >= 0.6 is 0 Å². The Hall–Kier alpha value is -0.770. The molecule has 78 valence electrons. The van der Waals surface area contributed by atoms with E-state index in [-0.39, 0.29) is 0 Å². The summed E-state index contributed by atoms with van der Waals surface area (Å²) in [5.74, 6) is 6.66. The molecule has 4 nitrogen and oxygen atoms in total. The smallest absolute Gasteiger partial charge is 0.205 e. The maximum Gasteiger partial charge on any atom is 0.205 e. The van der Waals surface area contributed by atoms with E-state index < -0.39 is 0 Å². The number of nitrogens with zero attached hydrogens (tertiary/aromatic N) is 1. The molecule has 0 fully saturated rings. The topological polar surface area (TPSA) is 62.4 Å². The van der Waals surface area contributed by atoms with Crippen molar-refractivity contribution in [1.29, 1.82) is 0 Å². The molecule has 0 unspecified atom stereocenters. The van der Waals surface area contributed by atoms with Crippen LogP contribution in [0, 0.1) is 5.92 Å². The largest absolute Gasteiger partial charge is 0.355 e. The van der Waals surface area contributed by atoms with E-state index in [1.165, 1.54) is 19.3 Å². The van der Waals surface area contributed by atoms with Crippen molar-refractivity contribution in [2.75, 3.05) is 13.6 Å². The number of rotatable bonds is 5. The Morgan fingerprint density at radius 3 is 2.54 bits per heavy atom. The maximum absolute atomic E-state index is 5.20. The van der Waals surface area contributed by atoms with Gasteiger partial charge in [-0.2, -0.15) is 0 Å². The van der Waals surface area contributed by atoms with Crippen molar-refractivity contribution in [3.05, 3.63) is 0 Å². The molecule has 0 heterocycles. The van der Waals surface area contributed by atoms with Crippen LogP contribution < -0.4 is 16.6 Å². The van der Waals surface area contributed by atoms with Gasteiger partial charge in [0.2, 0.25) is 5.96 Å². The standard InChI is InChI=1S/C9H22N4/c1-8(2)6-4-5-7-12-9(11-3)13-10/h8H,4-7,10H2,1-3H3,(H2,11,12,13). The Morgan fingerprint density at radius 2 is 2.08 bits per heavy atom. The van der Waals surface area contributed by atoms with Gasteiger partial charge in [-0.25, -0.2) is 5.84 Å². The first-order chi connectivity index (χ1) is 6.20. The van der Waals surface area contributed by atoms with Crippen LogP contribution in [0.1, 0.15) is 33.1 Å². The first-order valence-corrected chi connectivity index (χ1v) is 4.88. The lowest BCUT2D eigenvalue weighted by atomic mass is 10.1. The molecule has 0 amide bonds. The molecule has 0 rings (SSSR count). The lowest BCUT2D eigenvalue weighted by Crippen LogP contribution is -2.41. The summed E-state index contributed by atoms with van der Waals surface area (Å²) in [4.78, 5) is 3.91. The normalized spacial score (nSPS) is 11.9. The van der Waals surface area contributed by atoms with Crippen molar-refractivity contribution in [3.63, 3.8) is 0 Å². The highest BCUT2D eigenvalue weighted by Crippen LogP contribution is 2.04. The Labute approximate surface area is 81.0 Å². The molecule has 0 bridgehead atoms. The number of aliphatic imine (C=N–C) groups is 1. The number of hydrogen-bond donors (Lipinski definition) is 3. The van der Waals surface area contributed by atoms with Crippen molar-refractivity contribution in [3.8, 4) is 0 Å². The van der Waals surface area contributed by atoms with Crippen molar-refractivity contribution < 1.29 is 0 Å². The second-order valence-corrected chi connectivity index (χ2v) is 3.53. The summed E-state index contributed by atoms with van der Waals surface area (Å²) in [6, 6.07) is 0. The van der Waals surface area contributed by atoms with E-state index in [4.69, 9.17) is 5.84 Å². The van der Waals surface area contributed by atoms with Crippen LogP contribution in [-0.4, -0.2) is 19.6 Å². The van der Waals surface area contributed by atoms with Gasteiger partial charge < -0.3 is 5.32 Å². The van der Waals surface area contributed by atoms with Crippen molar-refractivity contribution in [2.24, 2.45) is 16.8 Å².